The molecule has 29 heavy (non-hydrogen) atoms. The molecule has 0 unspecified atom stereocenters. The van der Waals surface area contributed by atoms with Crippen molar-refractivity contribution >= 4 is 0 Å². The summed E-state index contributed by atoms with van der Waals surface area (Å²) in [5.41, 5.74) is -0.850. The minimum atomic E-state index is -0.930. The fraction of sp³-hybridized carbons (Fsp3) is 0.792. The van der Waals surface area contributed by atoms with E-state index in [2.05, 4.69) is 13.8 Å². The Morgan fingerprint density at radius 1 is 1.07 bits per heavy atom. The highest BCUT2D eigenvalue weighted by molar-refractivity contribution is 5.30. The average Bonchev–Trinajstić information content (AvgIpc) is 2.87. The van der Waals surface area contributed by atoms with Gasteiger partial charge in [0.15, 0.2) is 0 Å². The Morgan fingerprint density at radius 2 is 1.86 bits per heavy atom. The van der Waals surface area contributed by atoms with Gasteiger partial charge in [0.05, 0.1) is 24.1 Å². The Bertz CT molecular complexity index is 850. The van der Waals surface area contributed by atoms with Gasteiger partial charge in [-0.1, -0.05) is 13.8 Å². The Morgan fingerprint density at radius 3 is 2.62 bits per heavy atom. The first kappa shape index (κ1) is 19.8. The molecule has 4 fully saturated rings. The van der Waals surface area contributed by atoms with E-state index in [0.29, 0.717) is 18.3 Å². The van der Waals surface area contributed by atoms with E-state index in [1.807, 2.05) is 0 Å². The summed E-state index contributed by atoms with van der Waals surface area (Å²) in [6, 6.07) is 3.26. The third-order valence-corrected chi connectivity index (χ3v) is 9.92. The van der Waals surface area contributed by atoms with E-state index in [0.717, 1.165) is 50.5 Å². The maximum atomic E-state index is 12.2. The lowest BCUT2D eigenvalue weighted by molar-refractivity contribution is -0.205. The molecular formula is C24H34O5. The highest BCUT2D eigenvalue weighted by Gasteiger charge is 2.69. The fourth-order valence-electron chi connectivity index (χ4n) is 8.42. The van der Waals surface area contributed by atoms with Crippen LogP contribution in [0, 0.1) is 28.6 Å². The Labute approximate surface area is 172 Å². The predicted octanol–water partition coefficient (Wildman–Crippen LogP) is 3.21. The number of hydrogen-bond donors (Lipinski definition) is 3. The second-order valence-electron chi connectivity index (χ2n) is 10.9. The van der Waals surface area contributed by atoms with E-state index in [9.17, 15) is 20.1 Å². The first-order chi connectivity index (χ1) is 13.7. The van der Waals surface area contributed by atoms with E-state index in [1.165, 1.54) is 12.3 Å². The third-order valence-electron chi connectivity index (χ3n) is 9.92. The molecule has 0 radical (unpaired) electrons. The maximum Gasteiger partial charge on any atom is 0.335 e. The van der Waals surface area contributed by atoms with Crippen LogP contribution >= 0.6 is 0 Å². The molecule has 3 N–H and O–H groups in total. The van der Waals surface area contributed by atoms with Crippen molar-refractivity contribution in [3.05, 3.63) is 34.4 Å². The SMILES string of the molecule is C[C@]12CC[C@H](O)C[C@H]1CC[C@@H]1[C@@H]2CC[C@]2(C)[C@H](c3ccoc(=O)c3)[C@H](O)C[C@]12O. The monoisotopic (exact) mass is 402 g/mol. The Hall–Kier alpha value is -1.17. The van der Waals surface area contributed by atoms with Gasteiger partial charge in [-0.05, 0) is 79.7 Å². The van der Waals surface area contributed by atoms with Crippen molar-refractivity contribution in [2.45, 2.75) is 88.9 Å². The molecule has 0 aliphatic heterocycles. The molecule has 4 saturated carbocycles. The topological polar surface area (TPSA) is 90.9 Å². The van der Waals surface area contributed by atoms with Crippen LogP contribution in [-0.4, -0.2) is 33.1 Å². The van der Waals surface area contributed by atoms with Gasteiger partial charge in [0.1, 0.15) is 0 Å². The second kappa shape index (κ2) is 6.41. The summed E-state index contributed by atoms with van der Waals surface area (Å²) in [6.45, 7) is 4.51. The van der Waals surface area contributed by atoms with Gasteiger partial charge in [-0.2, -0.15) is 0 Å². The molecule has 5 heteroatoms. The first-order valence-corrected chi connectivity index (χ1v) is 11.4. The molecule has 1 aromatic heterocycles. The van der Waals surface area contributed by atoms with Crippen LogP contribution in [0.25, 0.3) is 0 Å². The number of rotatable bonds is 1. The van der Waals surface area contributed by atoms with Gasteiger partial charge < -0.3 is 19.7 Å². The Kier molecular flexibility index (Phi) is 4.37. The van der Waals surface area contributed by atoms with E-state index in [4.69, 9.17) is 4.42 Å². The molecule has 0 aromatic carbocycles. The predicted molar refractivity (Wildman–Crippen MR) is 108 cm³/mol. The van der Waals surface area contributed by atoms with Gasteiger partial charge in [0.2, 0.25) is 0 Å². The van der Waals surface area contributed by atoms with Crippen molar-refractivity contribution in [1.29, 1.82) is 0 Å². The summed E-state index contributed by atoms with van der Waals surface area (Å²) in [4.78, 5) is 11.8. The zero-order valence-corrected chi connectivity index (χ0v) is 17.5. The second-order valence-corrected chi connectivity index (χ2v) is 10.9. The van der Waals surface area contributed by atoms with Crippen molar-refractivity contribution in [3.63, 3.8) is 0 Å². The van der Waals surface area contributed by atoms with Gasteiger partial charge in [-0.3, -0.25) is 0 Å². The minimum absolute atomic E-state index is 0.163. The molecule has 5 rings (SSSR count). The number of fused-ring (bicyclic) bond motifs is 5. The van der Waals surface area contributed by atoms with Crippen LogP contribution in [0.1, 0.15) is 76.7 Å². The summed E-state index contributed by atoms with van der Waals surface area (Å²) in [5, 5.41) is 33.5. The Balaban J connectivity index is 1.53. The average molecular weight is 403 g/mol. The molecule has 0 spiro atoms. The van der Waals surface area contributed by atoms with Gasteiger partial charge in [0.25, 0.3) is 0 Å². The van der Waals surface area contributed by atoms with E-state index in [-0.39, 0.29) is 23.4 Å². The molecule has 4 aliphatic rings. The zero-order chi connectivity index (χ0) is 20.6. The molecule has 1 aromatic rings. The van der Waals surface area contributed by atoms with Crippen LogP contribution < -0.4 is 5.63 Å². The molecular weight excluding hydrogens is 368 g/mol. The molecule has 5 nitrogen and oxygen atoms in total. The van der Waals surface area contributed by atoms with Gasteiger partial charge in [-0.25, -0.2) is 4.79 Å². The summed E-state index contributed by atoms with van der Waals surface area (Å²) in [7, 11) is 0. The summed E-state index contributed by atoms with van der Waals surface area (Å²) < 4.78 is 4.90. The van der Waals surface area contributed by atoms with Crippen LogP contribution in [0.15, 0.2) is 27.6 Å². The standard InChI is InChI=1S/C24H34O5/c1-22-8-5-16(25)12-15(22)3-4-18-17(22)6-9-23(2)21(19(26)13-24(18,23)28)14-7-10-29-20(27)11-14/h7,10-11,15-19,21,25-26,28H,3-6,8-9,12-13H2,1-2H3/t15-,16+,17+,18-,19-,21-,22+,23-,24+/m1/s1. The summed E-state index contributed by atoms with van der Waals surface area (Å²) in [5.74, 6) is 0.869. The first-order valence-electron chi connectivity index (χ1n) is 11.4. The maximum absolute atomic E-state index is 12.2. The number of hydrogen-bond acceptors (Lipinski definition) is 5. The molecule has 0 bridgehead atoms. The van der Waals surface area contributed by atoms with Crippen LogP contribution in [0.2, 0.25) is 0 Å². The number of aliphatic hydroxyl groups is 3. The van der Waals surface area contributed by atoms with Crippen molar-refractivity contribution in [3.8, 4) is 0 Å². The van der Waals surface area contributed by atoms with Crippen molar-refractivity contribution in [2.75, 3.05) is 0 Å². The van der Waals surface area contributed by atoms with Crippen LogP contribution in [0.4, 0.5) is 0 Å². The normalized spacial score (nSPS) is 51.8. The molecule has 4 aliphatic carbocycles. The highest BCUT2D eigenvalue weighted by Crippen LogP contribution is 2.70. The zero-order valence-electron chi connectivity index (χ0n) is 17.5. The lowest BCUT2D eigenvalue weighted by Crippen LogP contribution is -2.62. The van der Waals surface area contributed by atoms with Gasteiger partial charge in [-0.15, -0.1) is 0 Å². The van der Waals surface area contributed by atoms with Crippen LogP contribution in [-0.2, 0) is 0 Å². The van der Waals surface area contributed by atoms with Crippen LogP contribution in [0.5, 0.6) is 0 Å². The summed E-state index contributed by atoms with van der Waals surface area (Å²) in [6.07, 6.45) is 7.59. The van der Waals surface area contributed by atoms with E-state index in [1.54, 1.807) is 6.07 Å². The fourth-order valence-corrected chi connectivity index (χ4v) is 8.42. The van der Waals surface area contributed by atoms with Crippen molar-refractivity contribution in [1.82, 2.24) is 0 Å². The molecule has 0 saturated heterocycles. The smallest absolute Gasteiger partial charge is 0.335 e. The minimum Gasteiger partial charge on any atom is -0.431 e. The number of aliphatic hydroxyl groups excluding tert-OH is 2. The molecule has 1 heterocycles. The van der Waals surface area contributed by atoms with Crippen molar-refractivity contribution in [2.24, 2.45) is 28.6 Å². The van der Waals surface area contributed by atoms with Crippen LogP contribution in [0.3, 0.4) is 0 Å². The molecule has 0 amide bonds. The lowest BCUT2D eigenvalue weighted by Gasteiger charge is -2.63. The lowest BCUT2D eigenvalue weighted by atomic mass is 9.43. The van der Waals surface area contributed by atoms with Crippen molar-refractivity contribution < 1.29 is 19.7 Å². The third kappa shape index (κ3) is 2.60. The molecule has 160 valence electrons. The summed E-state index contributed by atoms with van der Waals surface area (Å²) >= 11 is 0. The highest BCUT2D eigenvalue weighted by atomic mass is 16.4. The van der Waals surface area contributed by atoms with Gasteiger partial charge in [0, 0.05) is 23.8 Å². The van der Waals surface area contributed by atoms with E-state index < -0.39 is 22.7 Å². The molecule has 9 atom stereocenters. The van der Waals surface area contributed by atoms with E-state index >= 15 is 0 Å². The quantitative estimate of drug-likeness (QED) is 0.671. The largest absolute Gasteiger partial charge is 0.431 e. The van der Waals surface area contributed by atoms with Gasteiger partial charge >= 0.3 is 5.63 Å².